The minimum Gasteiger partial charge on any atom is -0.455 e. The summed E-state index contributed by atoms with van der Waals surface area (Å²) >= 11 is 0. The molecule has 0 aliphatic carbocycles. The number of nitrogens with zero attached hydrogens (tertiary/aromatic N) is 1. The Bertz CT molecular complexity index is 443. The van der Waals surface area contributed by atoms with Gasteiger partial charge >= 0.3 is 0 Å². The summed E-state index contributed by atoms with van der Waals surface area (Å²) in [7, 11) is 0. The Morgan fingerprint density at radius 1 is 1.06 bits per heavy atom. The summed E-state index contributed by atoms with van der Waals surface area (Å²) in [6.07, 6.45) is 2.48. The van der Waals surface area contributed by atoms with E-state index < -0.39 is 0 Å². The lowest BCUT2D eigenvalue weighted by Gasteiger charge is -2.09. The van der Waals surface area contributed by atoms with Crippen LogP contribution in [-0.4, -0.2) is 11.5 Å². The number of benzene rings is 1. The Labute approximate surface area is 94.9 Å². The molecule has 16 heavy (non-hydrogen) atoms. The molecule has 3 nitrogen and oxygen atoms in total. The molecule has 1 aromatic carbocycles. The highest BCUT2D eigenvalue weighted by Crippen LogP contribution is 2.23. The fraction of sp³-hybridized carbons (Fsp3) is 0.154. The molecule has 2 rings (SSSR count). The standard InChI is InChI=1S/C13H14N2O/c14-9-8-12-13(7-4-10-15-12)16-11-5-2-1-3-6-11/h1-7,10H,8-9,14H2. The van der Waals surface area contributed by atoms with Gasteiger partial charge in [-0.3, -0.25) is 4.98 Å². The van der Waals surface area contributed by atoms with E-state index in [2.05, 4.69) is 4.98 Å². The van der Waals surface area contributed by atoms with Gasteiger partial charge in [-0.15, -0.1) is 0 Å². The van der Waals surface area contributed by atoms with Crippen molar-refractivity contribution in [2.45, 2.75) is 6.42 Å². The van der Waals surface area contributed by atoms with Gasteiger partial charge in [-0.1, -0.05) is 18.2 Å². The van der Waals surface area contributed by atoms with Crippen molar-refractivity contribution in [2.75, 3.05) is 6.54 Å². The van der Waals surface area contributed by atoms with Gasteiger partial charge in [-0.2, -0.15) is 0 Å². The SMILES string of the molecule is NCCc1ncccc1Oc1ccccc1. The molecule has 82 valence electrons. The summed E-state index contributed by atoms with van der Waals surface area (Å²) < 4.78 is 5.74. The molecule has 1 aromatic heterocycles. The molecule has 3 heteroatoms. The van der Waals surface area contributed by atoms with Crippen molar-refractivity contribution in [3.05, 3.63) is 54.4 Å². The highest BCUT2D eigenvalue weighted by Gasteiger charge is 2.04. The van der Waals surface area contributed by atoms with Crippen LogP contribution in [0, 0.1) is 0 Å². The monoisotopic (exact) mass is 214 g/mol. The molecule has 1 heterocycles. The number of hydrogen-bond acceptors (Lipinski definition) is 3. The molecule has 0 bridgehead atoms. The Hall–Kier alpha value is -1.87. The lowest BCUT2D eigenvalue weighted by atomic mass is 10.2. The molecule has 2 N–H and O–H groups in total. The Balaban J connectivity index is 2.21. The number of aromatic nitrogens is 1. The molecule has 0 spiro atoms. The molecule has 0 fully saturated rings. The zero-order chi connectivity index (χ0) is 11.2. The molecule has 0 aliphatic rings. The Morgan fingerprint density at radius 3 is 2.62 bits per heavy atom. The predicted octanol–water partition coefficient (Wildman–Crippen LogP) is 2.38. The average molecular weight is 214 g/mol. The molecule has 0 aliphatic heterocycles. The zero-order valence-electron chi connectivity index (χ0n) is 8.97. The number of hydrogen-bond donors (Lipinski definition) is 1. The fourth-order valence-corrected chi connectivity index (χ4v) is 1.46. The molecule has 0 radical (unpaired) electrons. The molecular weight excluding hydrogens is 200 g/mol. The molecular formula is C13H14N2O. The van der Waals surface area contributed by atoms with Crippen LogP contribution in [0.15, 0.2) is 48.7 Å². The minimum absolute atomic E-state index is 0.572. The van der Waals surface area contributed by atoms with Crippen LogP contribution in [0.5, 0.6) is 11.5 Å². The summed E-state index contributed by atoms with van der Waals surface area (Å²) in [6, 6.07) is 13.4. The third kappa shape index (κ3) is 2.58. The maximum Gasteiger partial charge on any atom is 0.148 e. The summed E-state index contributed by atoms with van der Waals surface area (Å²) in [5.74, 6) is 1.59. The van der Waals surface area contributed by atoms with Crippen LogP contribution in [0.1, 0.15) is 5.69 Å². The quantitative estimate of drug-likeness (QED) is 0.850. The van der Waals surface area contributed by atoms with Crippen LogP contribution >= 0.6 is 0 Å². The van der Waals surface area contributed by atoms with Gasteiger partial charge in [0.2, 0.25) is 0 Å². The molecule has 0 saturated heterocycles. The minimum atomic E-state index is 0.572. The predicted molar refractivity (Wildman–Crippen MR) is 63.5 cm³/mol. The molecule has 0 saturated carbocycles. The first-order valence-electron chi connectivity index (χ1n) is 5.27. The van der Waals surface area contributed by atoms with Gasteiger partial charge in [-0.05, 0) is 30.8 Å². The summed E-state index contributed by atoms with van der Waals surface area (Å²) in [4.78, 5) is 4.26. The van der Waals surface area contributed by atoms with Gasteiger partial charge in [0.05, 0.1) is 5.69 Å². The lowest BCUT2D eigenvalue weighted by Crippen LogP contribution is -2.05. The van der Waals surface area contributed by atoms with E-state index in [-0.39, 0.29) is 0 Å². The number of pyridine rings is 1. The van der Waals surface area contributed by atoms with Gasteiger partial charge in [0.25, 0.3) is 0 Å². The van der Waals surface area contributed by atoms with Crippen molar-refractivity contribution in [1.82, 2.24) is 4.98 Å². The second-order valence-corrected chi connectivity index (χ2v) is 3.40. The van der Waals surface area contributed by atoms with Crippen LogP contribution in [0.25, 0.3) is 0 Å². The van der Waals surface area contributed by atoms with Crippen molar-refractivity contribution in [3.63, 3.8) is 0 Å². The van der Waals surface area contributed by atoms with E-state index in [1.54, 1.807) is 6.20 Å². The molecule has 0 amide bonds. The van der Waals surface area contributed by atoms with Crippen LogP contribution in [0.4, 0.5) is 0 Å². The van der Waals surface area contributed by atoms with E-state index >= 15 is 0 Å². The third-order valence-electron chi connectivity index (χ3n) is 2.20. The van der Waals surface area contributed by atoms with E-state index in [9.17, 15) is 0 Å². The van der Waals surface area contributed by atoms with E-state index in [0.717, 1.165) is 23.6 Å². The maximum absolute atomic E-state index is 5.74. The third-order valence-corrected chi connectivity index (χ3v) is 2.20. The van der Waals surface area contributed by atoms with E-state index in [0.29, 0.717) is 6.54 Å². The molecule has 2 aromatic rings. The molecule has 0 unspecified atom stereocenters. The van der Waals surface area contributed by atoms with Crippen LogP contribution in [0.2, 0.25) is 0 Å². The maximum atomic E-state index is 5.74. The second kappa shape index (κ2) is 5.28. The normalized spacial score (nSPS) is 10.1. The lowest BCUT2D eigenvalue weighted by molar-refractivity contribution is 0.472. The summed E-state index contributed by atoms with van der Waals surface area (Å²) in [5.41, 5.74) is 6.42. The number of para-hydroxylation sites is 1. The van der Waals surface area contributed by atoms with Gasteiger partial charge in [0.1, 0.15) is 11.5 Å². The highest BCUT2D eigenvalue weighted by atomic mass is 16.5. The number of ether oxygens (including phenoxy) is 1. The van der Waals surface area contributed by atoms with Crippen molar-refractivity contribution >= 4 is 0 Å². The van der Waals surface area contributed by atoms with Gasteiger partial charge in [0, 0.05) is 12.6 Å². The first-order valence-corrected chi connectivity index (χ1v) is 5.27. The van der Waals surface area contributed by atoms with Crippen molar-refractivity contribution in [1.29, 1.82) is 0 Å². The van der Waals surface area contributed by atoms with Crippen molar-refractivity contribution in [2.24, 2.45) is 5.73 Å². The second-order valence-electron chi connectivity index (χ2n) is 3.40. The van der Waals surface area contributed by atoms with E-state index in [1.165, 1.54) is 0 Å². The topological polar surface area (TPSA) is 48.1 Å². The average Bonchev–Trinajstić information content (AvgIpc) is 2.33. The van der Waals surface area contributed by atoms with E-state index in [1.807, 2.05) is 42.5 Å². The van der Waals surface area contributed by atoms with Gasteiger partial charge in [-0.25, -0.2) is 0 Å². The smallest absolute Gasteiger partial charge is 0.148 e. The van der Waals surface area contributed by atoms with Gasteiger partial charge in [0.15, 0.2) is 0 Å². The first kappa shape index (κ1) is 10.6. The first-order chi connectivity index (χ1) is 7.90. The number of rotatable bonds is 4. The molecule has 0 atom stereocenters. The highest BCUT2D eigenvalue weighted by molar-refractivity contribution is 5.33. The van der Waals surface area contributed by atoms with Crippen molar-refractivity contribution in [3.8, 4) is 11.5 Å². The number of nitrogens with two attached hydrogens (primary N) is 1. The zero-order valence-corrected chi connectivity index (χ0v) is 8.97. The van der Waals surface area contributed by atoms with Crippen LogP contribution in [-0.2, 0) is 6.42 Å². The fourth-order valence-electron chi connectivity index (χ4n) is 1.46. The van der Waals surface area contributed by atoms with Crippen LogP contribution < -0.4 is 10.5 Å². The summed E-state index contributed by atoms with van der Waals surface area (Å²) in [5, 5.41) is 0. The Morgan fingerprint density at radius 2 is 1.88 bits per heavy atom. The van der Waals surface area contributed by atoms with Gasteiger partial charge < -0.3 is 10.5 Å². The summed E-state index contributed by atoms with van der Waals surface area (Å²) in [6.45, 7) is 0.572. The largest absolute Gasteiger partial charge is 0.455 e. The van der Waals surface area contributed by atoms with E-state index in [4.69, 9.17) is 10.5 Å². The van der Waals surface area contributed by atoms with Crippen molar-refractivity contribution < 1.29 is 4.74 Å². The van der Waals surface area contributed by atoms with Crippen LogP contribution in [0.3, 0.4) is 0 Å². The Kier molecular flexibility index (Phi) is 3.51.